The van der Waals surface area contributed by atoms with E-state index in [1.807, 2.05) is 17.0 Å². The Morgan fingerprint density at radius 3 is 2.70 bits per heavy atom. The molecule has 108 valence electrons. The Balaban J connectivity index is 2.05. The monoisotopic (exact) mass is 276 g/mol. The van der Waals surface area contributed by atoms with Gasteiger partial charge in [-0.05, 0) is 12.3 Å². The molecule has 1 atom stereocenters. The molecule has 1 unspecified atom stereocenters. The zero-order valence-electron chi connectivity index (χ0n) is 12.1. The summed E-state index contributed by atoms with van der Waals surface area (Å²) in [5, 5.41) is 3.34. The van der Waals surface area contributed by atoms with Crippen molar-refractivity contribution in [3.05, 3.63) is 12.1 Å². The van der Waals surface area contributed by atoms with Crippen molar-refractivity contribution in [2.45, 2.75) is 33.2 Å². The smallest absolute Gasteiger partial charge is 0.249 e. The van der Waals surface area contributed by atoms with Gasteiger partial charge in [-0.2, -0.15) is 0 Å². The van der Waals surface area contributed by atoms with Crippen molar-refractivity contribution in [3.63, 3.8) is 0 Å². The number of amides is 1. The van der Waals surface area contributed by atoms with Crippen LogP contribution in [0.1, 0.15) is 27.2 Å². The summed E-state index contributed by atoms with van der Waals surface area (Å²) in [5.41, 5.74) is 1.83. The van der Waals surface area contributed by atoms with Gasteiger partial charge in [-0.25, -0.2) is 0 Å². The van der Waals surface area contributed by atoms with Crippen LogP contribution < -0.4 is 19.7 Å². The van der Waals surface area contributed by atoms with Gasteiger partial charge in [0, 0.05) is 18.7 Å². The standard InChI is InChI=1S/C15H20N2O3/c1-4-5-17-11-7-13-12(19-8-20-13)6-10(11)16-14(9(2)3)15(17)18/h6-7,9,14,16H,4-5,8H2,1-3H3. The van der Waals surface area contributed by atoms with Crippen LogP contribution in [0.4, 0.5) is 11.4 Å². The summed E-state index contributed by atoms with van der Waals surface area (Å²) in [6.45, 7) is 7.14. The largest absolute Gasteiger partial charge is 0.454 e. The number of nitrogens with zero attached hydrogens (tertiary/aromatic N) is 1. The van der Waals surface area contributed by atoms with Gasteiger partial charge < -0.3 is 19.7 Å². The number of anilines is 2. The van der Waals surface area contributed by atoms with Crippen LogP contribution >= 0.6 is 0 Å². The van der Waals surface area contributed by atoms with Crippen molar-refractivity contribution in [1.82, 2.24) is 0 Å². The molecular weight excluding hydrogens is 256 g/mol. The summed E-state index contributed by atoms with van der Waals surface area (Å²) < 4.78 is 10.8. The number of rotatable bonds is 3. The van der Waals surface area contributed by atoms with Gasteiger partial charge in [-0.3, -0.25) is 4.79 Å². The maximum atomic E-state index is 12.6. The molecule has 3 rings (SSSR count). The van der Waals surface area contributed by atoms with E-state index in [1.165, 1.54) is 0 Å². The van der Waals surface area contributed by atoms with Crippen molar-refractivity contribution in [1.29, 1.82) is 0 Å². The summed E-state index contributed by atoms with van der Waals surface area (Å²) in [6.07, 6.45) is 0.921. The lowest BCUT2D eigenvalue weighted by atomic mass is 9.98. The Bertz CT molecular complexity index is 542. The molecule has 5 nitrogen and oxygen atoms in total. The van der Waals surface area contributed by atoms with Gasteiger partial charge in [-0.1, -0.05) is 20.8 Å². The summed E-state index contributed by atoms with van der Waals surface area (Å²) in [6, 6.07) is 3.64. The van der Waals surface area contributed by atoms with Gasteiger partial charge in [0.15, 0.2) is 11.5 Å². The molecular formula is C15H20N2O3. The highest BCUT2D eigenvalue weighted by Gasteiger charge is 2.35. The second-order valence-electron chi connectivity index (χ2n) is 5.58. The minimum absolute atomic E-state index is 0.133. The average molecular weight is 276 g/mol. The van der Waals surface area contributed by atoms with Crippen LogP contribution in [-0.2, 0) is 4.79 Å². The Kier molecular flexibility index (Phi) is 3.20. The number of carbonyl (C=O) groups is 1. The number of carbonyl (C=O) groups excluding carboxylic acids is 1. The normalized spacial score (nSPS) is 20.1. The van der Waals surface area contributed by atoms with Crippen LogP contribution in [0.15, 0.2) is 12.1 Å². The van der Waals surface area contributed by atoms with E-state index < -0.39 is 0 Å². The van der Waals surface area contributed by atoms with Crippen molar-refractivity contribution in [2.75, 3.05) is 23.6 Å². The first-order chi connectivity index (χ1) is 9.61. The van der Waals surface area contributed by atoms with E-state index >= 15 is 0 Å². The number of benzene rings is 1. The average Bonchev–Trinajstić information content (AvgIpc) is 2.86. The molecule has 0 aromatic heterocycles. The molecule has 1 aromatic carbocycles. The molecule has 1 N–H and O–H groups in total. The number of nitrogens with one attached hydrogen (secondary N) is 1. The minimum atomic E-state index is -0.186. The number of hydrogen-bond donors (Lipinski definition) is 1. The second kappa shape index (κ2) is 4.89. The predicted molar refractivity (Wildman–Crippen MR) is 77.5 cm³/mol. The molecule has 1 aromatic rings. The second-order valence-corrected chi connectivity index (χ2v) is 5.58. The molecule has 1 amide bonds. The van der Waals surface area contributed by atoms with Crippen LogP contribution in [0.5, 0.6) is 11.5 Å². The highest BCUT2D eigenvalue weighted by atomic mass is 16.7. The van der Waals surface area contributed by atoms with E-state index in [-0.39, 0.29) is 24.7 Å². The fraction of sp³-hybridized carbons (Fsp3) is 0.533. The molecule has 5 heteroatoms. The molecule has 0 bridgehead atoms. The predicted octanol–water partition coefficient (Wildman–Crippen LogP) is 2.61. The zero-order valence-corrected chi connectivity index (χ0v) is 12.1. The van der Waals surface area contributed by atoms with Gasteiger partial charge >= 0.3 is 0 Å². The van der Waals surface area contributed by atoms with Crippen molar-refractivity contribution in [3.8, 4) is 11.5 Å². The lowest BCUT2D eigenvalue weighted by Gasteiger charge is -2.37. The molecule has 0 saturated carbocycles. The topological polar surface area (TPSA) is 50.8 Å². The summed E-state index contributed by atoms with van der Waals surface area (Å²) in [7, 11) is 0. The number of ether oxygens (including phenoxy) is 2. The van der Waals surface area contributed by atoms with Crippen molar-refractivity contribution in [2.24, 2.45) is 5.92 Å². The Morgan fingerprint density at radius 1 is 1.35 bits per heavy atom. The summed E-state index contributed by atoms with van der Waals surface area (Å²) in [4.78, 5) is 14.5. The molecule has 0 fully saturated rings. The lowest BCUT2D eigenvalue weighted by molar-refractivity contribution is -0.120. The zero-order chi connectivity index (χ0) is 14.3. The number of fused-ring (bicyclic) bond motifs is 2. The maximum absolute atomic E-state index is 12.6. The van der Waals surface area contributed by atoms with E-state index in [9.17, 15) is 4.79 Å². The highest BCUT2D eigenvalue weighted by Crippen LogP contribution is 2.43. The quantitative estimate of drug-likeness (QED) is 0.922. The molecule has 2 aliphatic heterocycles. The van der Waals surface area contributed by atoms with Gasteiger partial charge in [-0.15, -0.1) is 0 Å². The number of hydrogen-bond acceptors (Lipinski definition) is 4. The molecule has 0 aliphatic carbocycles. The SMILES string of the molecule is CCCN1C(=O)C(C(C)C)Nc2cc3c(cc21)OCO3. The molecule has 0 saturated heterocycles. The van der Waals surface area contributed by atoms with Crippen LogP contribution in [0.3, 0.4) is 0 Å². The van der Waals surface area contributed by atoms with Crippen LogP contribution in [0.25, 0.3) is 0 Å². The van der Waals surface area contributed by atoms with Crippen LogP contribution in [-0.4, -0.2) is 25.3 Å². The third kappa shape index (κ3) is 1.97. The molecule has 20 heavy (non-hydrogen) atoms. The Morgan fingerprint density at radius 2 is 2.05 bits per heavy atom. The van der Waals surface area contributed by atoms with Crippen molar-refractivity contribution < 1.29 is 14.3 Å². The van der Waals surface area contributed by atoms with E-state index in [0.717, 1.165) is 30.1 Å². The maximum Gasteiger partial charge on any atom is 0.249 e. The van der Waals surface area contributed by atoms with E-state index in [2.05, 4.69) is 26.1 Å². The van der Waals surface area contributed by atoms with E-state index in [4.69, 9.17) is 9.47 Å². The van der Waals surface area contributed by atoms with Crippen LogP contribution in [0.2, 0.25) is 0 Å². The lowest BCUT2D eigenvalue weighted by Crippen LogP contribution is -2.49. The fourth-order valence-corrected chi connectivity index (χ4v) is 2.69. The molecule has 2 heterocycles. The third-order valence-corrected chi connectivity index (χ3v) is 3.74. The van der Waals surface area contributed by atoms with E-state index in [1.54, 1.807) is 0 Å². The van der Waals surface area contributed by atoms with Gasteiger partial charge in [0.25, 0.3) is 0 Å². The summed E-state index contributed by atoms with van der Waals surface area (Å²) in [5.74, 6) is 1.82. The third-order valence-electron chi connectivity index (χ3n) is 3.74. The summed E-state index contributed by atoms with van der Waals surface area (Å²) >= 11 is 0. The van der Waals surface area contributed by atoms with Gasteiger partial charge in [0.05, 0.1) is 11.4 Å². The Hall–Kier alpha value is -1.91. The van der Waals surface area contributed by atoms with Gasteiger partial charge in [0.2, 0.25) is 12.7 Å². The molecule has 0 radical (unpaired) electrons. The molecule has 0 spiro atoms. The van der Waals surface area contributed by atoms with E-state index in [0.29, 0.717) is 5.75 Å². The highest BCUT2D eigenvalue weighted by molar-refractivity contribution is 6.05. The van der Waals surface area contributed by atoms with Gasteiger partial charge in [0.1, 0.15) is 6.04 Å². The minimum Gasteiger partial charge on any atom is -0.454 e. The fourth-order valence-electron chi connectivity index (χ4n) is 2.69. The first-order valence-corrected chi connectivity index (χ1v) is 7.13. The first-order valence-electron chi connectivity index (χ1n) is 7.13. The first kappa shape index (κ1) is 13.1. The van der Waals surface area contributed by atoms with Crippen LogP contribution in [0, 0.1) is 5.92 Å². The van der Waals surface area contributed by atoms with Crippen molar-refractivity contribution >= 4 is 17.3 Å². The molecule has 2 aliphatic rings. The Labute approximate surface area is 118 Å².